The van der Waals surface area contributed by atoms with Crippen LogP contribution in [0.5, 0.6) is 0 Å². The molecule has 7 nitrogen and oxygen atoms in total. The van der Waals surface area contributed by atoms with Crippen molar-refractivity contribution in [1.82, 2.24) is 0 Å². The predicted molar refractivity (Wildman–Crippen MR) is 97.5 cm³/mol. The Morgan fingerprint density at radius 1 is 1.23 bits per heavy atom. The highest BCUT2D eigenvalue weighted by Crippen LogP contribution is 2.30. The summed E-state index contributed by atoms with van der Waals surface area (Å²) >= 11 is 0. The van der Waals surface area contributed by atoms with Gasteiger partial charge in [-0.1, -0.05) is 12.1 Å². The summed E-state index contributed by atoms with van der Waals surface area (Å²) in [7, 11) is -2.19. The molecule has 26 heavy (non-hydrogen) atoms. The topological polar surface area (TPSA) is 104 Å². The zero-order valence-corrected chi connectivity index (χ0v) is 14.7. The molecule has 2 N–H and O–H groups in total. The Morgan fingerprint density at radius 2 is 2.00 bits per heavy atom. The lowest BCUT2D eigenvalue weighted by Crippen LogP contribution is -2.20. The number of nitrogens with one attached hydrogen (secondary N) is 1. The van der Waals surface area contributed by atoms with E-state index in [-0.39, 0.29) is 17.2 Å². The van der Waals surface area contributed by atoms with Crippen molar-refractivity contribution < 1.29 is 23.1 Å². The predicted octanol–water partition coefficient (Wildman–Crippen LogP) is 2.10. The van der Waals surface area contributed by atoms with Crippen LogP contribution in [0.4, 0.5) is 11.4 Å². The van der Waals surface area contributed by atoms with Crippen LogP contribution in [0.15, 0.2) is 53.4 Å². The molecule has 0 aromatic heterocycles. The molecule has 1 aliphatic rings. The van der Waals surface area contributed by atoms with Crippen LogP contribution in [-0.2, 0) is 26.0 Å². The van der Waals surface area contributed by atoms with E-state index < -0.39 is 16.0 Å². The van der Waals surface area contributed by atoms with Gasteiger partial charge in [-0.15, -0.1) is 0 Å². The maximum Gasteiger partial charge on any atom is 0.328 e. The number of benzene rings is 2. The van der Waals surface area contributed by atoms with E-state index in [1.54, 1.807) is 31.3 Å². The molecule has 0 saturated carbocycles. The molecule has 2 aromatic carbocycles. The molecular weight excluding hydrogens is 356 g/mol. The number of carbonyl (C=O) groups excluding carboxylic acids is 1. The van der Waals surface area contributed by atoms with Crippen molar-refractivity contribution in [1.29, 1.82) is 0 Å². The van der Waals surface area contributed by atoms with E-state index in [1.165, 1.54) is 29.2 Å². The van der Waals surface area contributed by atoms with Gasteiger partial charge in [-0.2, -0.15) is 0 Å². The van der Waals surface area contributed by atoms with E-state index >= 15 is 0 Å². The number of amides is 1. The second kappa shape index (κ2) is 6.64. The Balaban J connectivity index is 1.86. The largest absolute Gasteiger partial charge is 0.478 e. The van der Waals surface area contributed by atoms with Crippen molar-refractivity contribution in [3.8, 4) is 0 Å². The van der Waals surface area contributed by atoms with Gasteiger partial charge in [0.15, 0.2) is 0 Å². The number of aliphatic carboxylic acids is 1. The molecule has 0 fully saturated rings. The maximum atomic E-state index is 12.6. The average molecular weight is 372 g/mol. The molecule has 0 unspecified atom stereocenters. The Kier molecular flexibility index (Phi) is 4.52. The number of likely N-dealkylation sites (N-methyl/N-ethyl adjacent to an activating group) is 1. The lowest BCUT2D eigenvalue weighted by atomic mass is 10.2. The van der Waals surface area contributed by atoms with Crippen molar-refractivity contribution in [2.45, 2.75) is 11.3 Å². The van der Waals surface area contributed by atoms with Crippen molar-refractivity contribution in [3.63, 3.8) is 0 Å². The second-order valence-corrected chi connectivity index (χ2v) is 7.50. The number of sulfonamides is 1. The quantitative estimate of drug-likeness (QED) is 0.783. The minimum Gasteiger partial charge on any atom is -0.478 e. The van der Waals surface area contributed by atoms with Crippen LogP contribution in [0.3, 0.4) is 0 Å². The molecule has 1 aliphatic heterocycles. The first-order chi connectivity index (χ1) is 12.3. The van der Waals surface area contributed by atoms with Gasteiger partial charge in [-0.3, -0.25) is 9.52 Å². The highest BCUT2D eigenvalue weighted by Gasteiger charge is 2.26. The summed E-state index contributed by atoms with van der Waals surface area (Å²) in [5, 5.41) is 8.67. The van der Waals surface area contributed by atoms with Crippen LogP contribution in [-0.4, -0.2) is 32.4 Å². The summed E-state index contributed by atoms with van der Waals surface area (Å²) in [6, 6.07) is 10.9. The fraction of sp³-hybridized carbons (Fsp3) is 0.111. The van der Waals surface area contributed by atoms with E-state index in [9.17, 15) is 18.0 Å². The molecule has 134 valence electrons. The van der Waals surface area contributed by atoms with Gasteiger partial charge < -0.3 is 10.0 Å². The molecule has 0 aliphatic carbocycles. The molecule has 0 saturated heterocycles. The van der Waals surface area contributed by atoms with Crippen molar-refractivity contribution in [2.24, 2.45) is 0 Å². The van der Waals surface area contributed by atoms with Crippen LogP contribution >= 0.6 is 0 Å². The molecule has 8 heteroatoms. The van der Waals surface area contributed by atoms with E-state index in [1.807, 2.05) is 0 Å². The van der Waals surface area contributed by atoms with Crippen LogP contribution in [0, 0.1) is 0 Å². The van der Waals surface area contributed by atoms with E-state index in [2.05, 4.69) is 4.72 Å². The van der Waals surface area contributed by atoms with Gasteiger partial charge in [0.05, 0.1) is 11.3 Å². The van der Waals surface area contributed by atoms with Crippen molar-refractivity contribution >= 4 is 39.4 Å². The Bertz CT molecular complexity index is 1030. The lowest BCUT2D eigenvalue weighted by Gasteiger charge is -2.12. The normalized spacial score (nSPS) is 13.9. The zero-order chi connectivity index (χ0) is 18.9. The molecule has 0 radical (unpaired) electrons. The summed E-state index contributed by atoms with van der Waals surface area (Å²) < 4.78 is 27.7. The smallest absolute Gasteiger partial charge is 0.328 e. The number of anilines is 2. The van der Waals surface area contributed by atoms with Gasteiger partial charge >= 0.3 is 5.97 Å². The zero-order valence-electron chi connectivity index (χ0n) is 13.8. The first-order valence-electron chi connectivity index (χ1n) is 7.70. The van der Waals surface area contributed by atoms with E-state index in [0.29, 0.717) is 22.5 Å². The second-order valence-electron chi connectivity index (χ2n) is 5.82. The first-order valence-corrected chi connectivity index (χ1v) is 9.18. The monoisotopic (exact) mass is 372 g/mol. The third kappa shape index (κ3) is 3.60. The van der Waals surface area contributed by atoms with Gasteiger partial charge in [0.2, 0.25) is 5.91 Å². The Hall–Kier alpha value is -3.13. The number of fused-ring (bicyclic) bond motifs is 1. The van der Waals surface area contributed by atoms with Crippen molar-refractivity contribution in [3.05, 3.63) is 59.7 Å². The Labute approximate surface area is 150 Å². The standard InChI is InChI=1S/C18H16N2O5S/c1-20-16-7-6-15(10-13(16)11-17(20)21)26(24,25)19-14-4-2-3-12(9-14)5-8-18(22)23/h2-10,19H,11H2,1H3,(H,22,23)/b8-5+. The number of hydrogen-bond acceptors (Lipinski definition) is 4. The number of rotatable bonds is 5. The highest BCUT2D eigenvalue weighted by molar-refractivity contribution is 7.92. The molecule has 1 amide bonds. The summed E-state index contributed by atoms with van der Waals surface area (Å²) in [5.74, 6) is -1.17. The van der Waals surface area contributed by atoms with Gasteiger partial charge in [-0.25, -0.2) is 13.2 Å². The average Bonchev–Trinajstić information content (AvgIpc) is 2.87. The van der Waals surface area contributed by atoms with Gasteiger partial charge in [0, 0.05) is 24.5 Å². The van der Waals surface area contributed by atoms with Crippen molar-refractivity contribution in [2.75, 3.05) is 16.7 Å². The highest BCUT2D eigenvalue weighted by atomic mass is 32.2. The summed E-state index contributed by atoms with van der Waals surface area (Å²) in [6.07, 6.45) is 2.52. The number of carboxylic acids is 1. The number of hydrogen-bond donors (Lipinski definition) is 2. The SMILES string of the molecule is CN1C(=O)Cc2cc(S(=O)(=O)Nc3cccc(/C=C/C(=O)O)c3)ccc21. The molecule has 0 spiro atoms. The maximum absolute atomic E-state index is 12.6. The summed E-state index contributed by atoms with van der Waals surface area (Å²) in [5.41, 5.74) is 2.23. The summed E-state index contributed by atoms with van der Waals surface area (Å²) in [6.45, 7) is 0. The molecule has 1 heterocycles. The number of carboxylic acid groups (broad SMARTS) is 1. The summed E-state index contributed by atoms with van der Waals surface area (Å²) in [4.78, 5) is 23.9. The molecule has 0 bridgehead atoms. The van der Waals surface area contributed by atoms with E-state index in [0.717, 1.165) is 6.08 Å². The minimum atomic E-state index is -3.84. The minimum absolute atomic E-state index is 0.0610. The third-order valence-corrected chi connectivity index (χ3v) is 5.37. The molecule has 0 atom stereocenters. The van der Waals surface area contributed by atoms with E-state index in [4.69, 9.17) is 5.11 Å². The Morgan fingerprint density at radius 3 is 2.73 bits per heavy atom. The van der Waals surface area contributed by atoms with Crippen LogP contribution in [0.2, 0.25) is 0 Å². The van der Waals surface area contributed by atoms with Crippen LogP contribution < -0.4 is 9.62 Å². The molecular formula is C18H16N2O5S. The number of carbonyl (C=O) groups is 2. The fourth-order valence-corrected chi connectivity index (χ4v) is 3.80. The third-order valence-electron chi connectivity index (χ3n) is 4.00. The van der Waals surface area contributed by atoms with Crippen LogP contribution in [0.25, 0.3) is 6.08 Å². The van der Waals surface area contributed by atoms with Gasteiger partial charge in [-0.05, 0) is 47.5 Å². The fourth-order valence-electron chi connectivity index (χ4n) is 2.70. The van der Waals surface area contributed by atoms with Gasteiger partial charge in [0.1, 0.15) is 0 Å². The number of nitrogens with zero attached hydrogens (tertiary/aromatic N) is 1. The lowest BCUT2D eigenvalue weighted by molar-refractivity contribution is -0.131. The van der Waals surface area contributed by atoms with Crippen LogP contribution in [0.1, 0.15) is 11.1 Å². The first kappa shape index (κ1) is 17.7. The molecule has 2 aromatic rings. The molecule has 3 rings (SSSR count). The van der Waals surface area contributed by atoms with Gasteiger partial charge in [0.25, 0.3) is 10.0 Å².